The van der Waals surface area contributed by atoms with Crippen LogP contribution >= 0.6 is 0 Å². The Morgan fingerprint density at radius 1 is 1.03 bits per heavy atom. The molecule has 35 heavy (non-hydrogen) atoms. The average molecular weight is 472 g/mol. The molecule has 0 fully saturated rings. The second-order valence-corrected chi connectivity index (χ2v) is 8.44. The van der Waals surface area contributed by atoms with Crippen molar-refractivity contribution in [3.8, 4) is 11.5 Å². The maximum absolute atomic E-state index is 12.9. The summed E-state index contributed by atoms with van der Waals surface area (Å²) in [5.41, 5.74) is 9.47. The van der Waals surface area contributed by atoms with E-state index in [1.54, 1.807) is 36.7 Å². The SMILES string of the molecule is Cc1ccc(OC(O)COc2ccc(C(CN)C(=O)Nc3ccc4cnccc4c3)cc2)c(C)c1. The van der Waals surface area contributed by atoms with Gasteiger partial charge in [0, 0.05) is 30.0 Å². The van der Waals surface area contributed by atoms with Crippen LogP contribution in [0.15, 0.2) is 79.1 Å². The summed E-state index contributed by atoms with van der Waals surface area (Å²) in [5, 5.41) is 15.1. The van der Waals surface area contributed by atoms with Gasteiger partial charge in [0.05, 0.1) is 5.92 Å². The lowest BCUT2D eigenvalue weighted by Gasteiger charge is -2.18. The normalized spacial score (nSPS) is 12.7. The number of aliphatic hydroxyl groups is 1. The van der Waals surface area contributed by atoms with Gasteiger partial charge in [-0.2, -0.15) is 0 Å². The van der Waals surface area contributed by atoms with Crippen LogP contribution in [0.1, 0.15) is 22.6 Å². The Bertz CT molecular complexity index is 1310. The first-order valence-electron chi connectivity index (χ1n) is 11.4. The zero-order chi connectivity index (χ0) is 24.8. The van der Waals surface area contributed by atoms with Gasteiger partial charge in [-0.25, -0.2) is 0 Å². The highest BCUT2D eigenvalue weighted by molar-refractivity contribution is 5.98. The quantitative estimate of drug-likeness (QED) is 0.314. The second kappa shape index (κ2) is 11.0. The summed E-state index contributed by atoms with van der Waals surface area (Å²) < 4.78 is 11.2. The second-order valence-electron chi connectivity index (χ2n) is 8.44. The van der Waals surface area contributed by atoms with Crippen molar-refractivity contribution in [2.45, 2.75) is 26.1 Å². The zero-order valence-electron chi connectivity index (χ0n) is 19.8. The topological polar surface area (TPSA) is 107 Å². The smallest absolute Gasteiger partial charge is 0.233 e. The molecule has 3 aromatic carbocycles. The maximum Gasteiger partial charge on any atom is 0.233 e. The Labute approximate surface area is 204 Å². The van der Waals surface area contributed by atoms with Crippen LogP contribution in [0.5, 0.6) is 11.5 Å². The summed E-state index contributed by atoms with van der Waals surface area (Å²) in [7, 11) is 0. The highest BCUT2D eigenvalue weighted by Crippen LogP contribution is 2.24. The number of nitrogens with zero attached hydrogens (tertiary/aromatic N) is 1. The van der Waals surface area contributed by atoms with E-state index in [0.717, 1.165) is 27.5 Å². The summed E-state index contributed by atoms with van der Waals surface area (Å²) in [6, 6.07) is 20.4. The van der Waals surface area contributed by atoms with Crippen molar-refractivity contribution in [3.05, 3.63) is 95.8 Å². The van der Waals surface area contributed by atoms with E-state index >= 15 is 0 Å². The number of aromatic nitrogens is 1. The molecule has 1 aromatic heterocycles. The first kappa shape index (κ1) is 24.2. The molecule has 1 heterocycles. The molecule has 7 nitrogen and oxygen atoms in total. The van der Waals surface area contributed by atoms with Crippen LogP contribution in [0.4, 0.5) is 5.69 Å². The monoisotopic (exact) mass is 471 g/mol. The molecule has 1 amide bonds. The molecule has 4 aromatic rings. The number of aryl methyl sites for hydroxylation is 2. The number of benzene rings is 3. The molecule has 0 bridgehead atoms. The first-order chi connectivity index (χ1) is 16.9. The molecule has 0 saturated heterocycles. The minimum atomic E-state index is -1.11. The summed E-state index contributed by atoms with van der Waals surface area (Å²) >= 11 is 0. The largest absolute Gasteiger partial charge is 0.487 e. The highest BCUT2D eigenvalue weighted by Gasteiger charge is 2.19. The van der Waals surface area contributed by atoms with Crippen LogP contribution in [-0.2, 0) is 4.79 Å². The van der Waals surface area contributed by atoms with E-state index in [1.807, 2.05) is 56.3 Å². The lowest BCUT2D eigenvalue weighted by atomic mass is 9.98. The number of carbonyl (C=O) groups is 1. The summed E-state index contributed by atoms with van der Waals surface area (Å²) in [5.74, 6) is 0.459. The van der Waals surface area contributed by atoms with Gasteiger partial charge in [0.2, 0.25) is 12.2 Å². The minimum Gasteiger partial charge on any atom is -0.487 e. The van der Waals surface area contributed by atoms with Gasteiger partial charge in [0.1, 0.15) is 11.5 Å². The number of anilines is 1. The fourth-order valence-corrected chi connectivity index (χ4v) is 3.86. The van der Waals surface area contributed by atoms with Crippen LogP contribution < -0.4 is 20.5 Å². The summed E-state index contributed by atoms with van der Waals surface area (Å²) in [6.45, 7) is 4.05. The molecule has 180 valence electrons. The van der Waals surface area contributed by atoms with Gasteiger partial charge in [-0.3, -0.25) is 9.78 Å². The molecule has 2 unspecified atom stereocenters. The van der Waals surface area contributed by atoms with Crippen LogP contribution in [-0.4, -0.2) is 35.4 Å². The standard InChI is InChI=1S/C28H29N3O4/c1-18-3-10-26(19(2)13-18)35-27(32)17-34-24-8-5-20(6-9-24)25(15-29)28(33)31-23-7-4-22-16-30-12-11-21(22)14-23/h3-14,16,25,27,32H,15,17,29H2,1-2H3,(H,31,33). The first-order valence-corrected chi connectivity index (χ1v) is 11.4. The number of hydrogen-bond donors (Lipinski definition) is 3. The number of hydrogen-bond acceptors (Lipinski definition) is 6. The Balaban J connectivity index is 1.34. The number of aliphatic hydroxyl groups excluding tert-OH is 1. The molecule has 0 spiro atoms. The summed E-state index contributed by atoms with van der Waals surface area (Å²) in [4.78, 5) is 17.0. The third-order valence-electron chi connectivity index (χ3n) is 5.73. The molecule has 0 aliphatic heterocycles. The molecular weight excluding hydrogens is 442 g/mol. The van der Waals surface area contributed by atoms with Crippen molar-refractivity contribution in [1.82, 2.24) is 4.98 Å². The number of amides is 1. The number of pyridine rings is 1. The van der Waals surface area contributed by atoms with Crippen molar-refractivity contribution in [3.63, 3.8) is 0 Å². The van der Waals surface area contributed by atoms with Crippen molar-refractivity contribution in [1.29, 1.82) is 0 Å². The van der Waals surface area contributed by atoms with Gasteiger partial charge >= 0.3 is 0 Å². The minimum absolute atomic E-state index is 0.0368. The molecule has 0 aliphatic rings. The average Bonchev–Trinajstić information content (AvgIpc) is 2.85. The van der Waals surface area contributed by atoms with Gasteiger partial charge in [0.15, 0.2) is 6.61 Å². The lowest BCUT2D eigenvalue weighted by molar-refractivity contribution is -0.117. The number of fused-ring (bicyclic) bond motifs is 1. The predicted octanol–water partition coefficient (Wildman–Crippen LogP) is 4.31. The fraction of sp³-hybridized carbons (Fsp3) is 0.214. The van der Waals surface area contributed by atoms with E-state index in [4.69, 9.17) is 15.2 Å². The van der Waals surface area contributed by atoms with Crippen LogP contribution in [0.2, 0.25) is 0 Å². The van der Waals surface area contributed by atoms with Crippen molar-refractivity contribution < 1.29 is 19.4 Å². The van der Waals surface area contributed by atoms with E-state index in [9.17, 15) is 9.90 Å². The van der Waals surface area contributed by atoms with Crippen LogP contribution in [0.3, 0.4) is 0 Å². The molecule has 0 saturated carbocycles. The van der Waals surface area contributed by atoms with Crippen LogP contribution in [0.25, 0.3) is 10.8 Å². The van der Waals surface area contributed by atoms with E-state index in [0.29, 0.717) is 17.2 Å². The maximum atomic E-state index is 12.9. The molecular formula is C28H29N3O4. The van der Waals surface area contributed by atoms with Crippen molar-refractivity contribution in [2.75, 3.05) is 18.5 Å². The van der Waals surface area contributed by atoms with E-state index in [2.05, 4.69) is 10.3 Å². The number of nitrogens with one attached hydrogen (secondary N) is 1. The van der Waals surface area contributed by atoms with Crippen molar-refractivity contribution >= 4 is 22.4 Å². The number of ether oxygens (including phenoxy) is 2. The Kier molecular flexibility index (Phi) is 7.60. The number of carbonyl (C=O) groups excluding carboxylic acids is 1. The van der Waals surface area contributed by atoms with Gasteiger partial charge in [0.25, 0.3) is 0 Å². The Morgan fingerprint density at radius 3 is 2.57 bits per heavy atom. The molecule has 7 heteroatoms. The van der Waals surface area contributed by atoms with Gasteiger partial charge in [-0.15, -0.1) is 0 Å². The highest BCUT2D eigenvalue weighted by atomic mass is 16.6. The van der Waals surface area contributed by atoms with Gasteiger partial charge < -0.3 is 25.6 Å². The fourth-order valence-electron chi connectivity index (χ4n) is 3.86. The van der Waals surface area contributed by atoms with Crippen molar-refractivity contribution in [2.24, 2.45) is 5.73 Å². The molecule has 0 radical (unpaired) electrons. The number of rotatable bonds is 9. The summed E-state index contributed by atoms with van der Waals surface area (Å²) in [6.07, 6.45) is 2.38. The Morgan fingerprint density at radius 2 is 1.83 bits per heavy atom. The third-order valence-corrected chi connectivity index (χ3v) is 5.73. The zero-order valence-corrected chi connectivity index (χ0v) is 19.8. The molecule has 2 atom stereocenters. The van der Waals surface area contributed by atoms with Gasteiger partial charge in [-0.05, 0) is 66.8 Å². The molecule has 4 N–H and O–H groups in total. The number of nitrogens with two attached hydrogens (primary N) is 1. The third kappa shape index (κ3) is 6.15. The van der Waals surface area contributed by atoms with E-state index in [-0.39, 0.29) is 19.1 Å². The molecule has 0 aliphatic carbocycles. The molecule has 4 rings (SSSR count). The van der Waals surface area contributed by atoms with Gasteiger partial charge in [-0.1, -0.05) is 35.9 Å². The predicted molar refractivity (Wildman–Crippen MR) is 137 cm³/mol. The van der Waals surface area contributed by atoms with Crippen LogP contribution in [0, 0.1) is 13.8 Å². The lowest BCUT2D eigenvalue weighted by Crippen LogP contribution is -2.27. The van der Waals surface area contributed by atoms with E-state index in [1.165, 1.54) is 0 Å². The Hall–Kier alpha value is -3.94. The van der Waals surface area contributed by atoms with E-state index < -0.39 is 12.2 Å².